The second-order valence-electron chi connectivity index (χ2n) is 4.37. The summed E-state index contributed by atoms with van der Waals surface area (Å²) < 4.78 is 1.81. The Kier molecular flexibility index (Phi) is 4.44. The van der Waals surface area contributed by atoms with Crippen LogP contribution in [0, 0.1) is 0 Å². The highest BCUT2D eigenvalue weighted by atomic mass is 15.3. The van der Waals surface area contributed by atoms with Gasteiger partial charge in [-0.25, -0.2) is 4.98 Å². The van der Waals surface area contributed by atoms with Gasteiger partial charge in [-0.1, -0.05) is 13.8 Å². The Bertz CT molecular complexity index is 316. The van der Waals surface area contributed by atoms with Crippen molar-refractivity contribution in [2.24, 2.45) is 12.8 Å². The van der Waals surface area contributed by atoms with Crippen LogP contribution in [0.25, 0.3) is 0 Å². The van der Waals surface area contributed by atoms with E-state index in [2.05, 4.69) is 35.8 Å². The summed E-state index contributed by atoms with van der Waals surface area (Å²) in [7, 11) is 1.92. The van der Waals surface area contributed by atoms with Gasteiger partial charge in [0.2, 0.25) is 0 Å². The molecular weight excluding hydrogens is 202 g/mol. The molecule has 0 saturated heterocycles. The van der Waals surface area contributed by atoms with Crippen molar-refractivity contribution in [3.8, 4) is 0 Å². The third-order valence-electron chi connectivity index (χ3n) is 3.48. The van der Waals surface area contributed by atoms with Gasteiger partial charge >= 0.3 is 0 Å². The zero-order chi connectivity index (χ0) is 12.2. The Morgan fingerprint density at radius 3 is 2.56 bits per heavy atom. The van der Waals surface area contributed by atoms with E-state index in [1.165, 1.54) is 0 Å². The van der Waals surface area contributed by atoms with Crippen LogP contribution in [0.5, 0.6) is 0 Å². The predicted octanol–water partition coefficient (Wildman–Crippen LogP) is 0.764. The maximum atomic E-state index is 5.88. The molecular formula is C11H23N5. The third-order valence-corrected chi connectivity index (χ3v) is 3.48. The Labute approximate surface area is 97.6 Å². The van der Waals surface area contributed by atoms with Gasteiger partial charge in [0.15, 0.2) is 0 Å². The zero-order valence-corrected chi connectivity index (χ0v) is 10.8. The summed E-state index contributed by atoms with van der Waals surface area (Å²) in [6, 6.07) is 0. The Morgan fingerprint density at radius 1 is 1.50 bits per heavy atom. The SMILES string of the molecule is CCN(Cc1ncnn1C)C(C)(CC)CN. The molecule has 5 heteroatoms. The molecule has 1 unspecified atom stereocenters. The lowest BCUT2D eigenvalue weighted by Crippen LogP contribution is -2.51. The molecule has 0 aliphatic rings. The minimum Gasteiger partial charge on any atom is -0.329 e. The van der Waals surface area contributed by atoms with E-state index in [1.54, 1.807) is 6.33 Å². The molecule has 1 atom stereocenters. The van der Waals surface area contributed by atoms with Gasteiger partial charge in [-0.15, -0.1) is 0 Å². The fourth-order valence-corrected chi connectivity index (χ4v) is 1.82. The minimum absolute atomic E-state index is 0.0424. The largest absolute Gasteiger partial charge is 0.329 e. The molecule has 92 valence electrons. The van der Waals surface area contributed by atoms with Gasteiger partial charge in [-0.3, -0.25) is 9.58 Å². The highest BCUT2D eigenvalue weighted by Gasteiger charge is 2.28. The highest BCUT2D eigenvalue weighted by Crippen LogP contribution is 2.19. The number of rotatable bonds is 6. The van der Waals surface area contributed by atoms with E-state index >= 15 is 0 Å². The van der Waals surface area contributed by atoms with Gasteiger partial charge < -0.3 is 5.73 Å². The van der Waals surface area contributed by atoms with Crippen molar-refractivity contribution in [1.29, 1.82) is 0 Å². The number of hydrogen-bond donors (Lipinski definition) is 1. The van der Waals surface area contributed by atoms with Crippen molar-refractivity contribution >= 4 is 0 Å². The number of aryl methyl sites for hydroxylation is 1. The second kappa shape index (κ2) is 5.41. The summed E-state index contributed by atoms with van der Waals surface area (Å²) in [5.41, 5.74) is 5.92. The molecule has 16 heavy (non-hydrogen) atoms. The van der Waals surface area contributed by atoms with Crippen LogP contribution in [0.3, 0.4) is 0 Å². The first kappa shape index (κ1) is 13.1. The Morgan fingerprint density at radius 2 is 2.19 bits per heavy atom. The van der Waals surface area contributed by atoms with Crippen molar-refractivity contribution in [3.05, 3.63) is 12.2 Å². The van der Waals surface area contributed by atoms with Crippen LogP contribution in [0.4, 0.5) is 0 Å². The maximum Gasteiger partial charge on any atom is 0.140 e. The van der Waals surface area contributed by atoms with Crippen LogP contribution < -0.4 is 5.73 Å². The molecule has 1 heterocycles. The van der Waals surface area contributed by atoms with E-state index in [4.69, 9.17) is 5.73 Å². The van der Waals surface area contributed by atoms with Gasteiger partial charge in [0, 0.05) is 19.1 Å². The molecule has 0 amide bonds. The Balaban J connectivity index is 2.80. The summed E-state index contributed by atoms with van der Waals surface area (Å²) in [6.45, 7) is 8.96. The van der Waals surface area contributed by atoms with Crippen LogP contribution >= 0.6 is 0 Å². The van der Waals surface area contributed by atoms with Crippen LogP contribution in [-0.4, -0.2) is 38.3 Å². The van der Waals surface area contributed by atoms with Gasteiger partial charge in [-0.2, -0.15) is 5.10 Å². The fraction of sp³-hybridized carbons (Fsp3) is 0.818. The third kappa shape index (κ3) is 2.59. The molecule has 1 rings (SSSR count). The van der Waals surface area contributed by atoms with Crippen molar-refractivity contribution in [3.63, 3.8) is 0 Å². The number of aromatic nitrogens is 3. The molecule has 0 spiro atoms. The molecule has 0 saturated carbocycles. The number of nitrogens with zero attached hydrogens (tertiary/aromatic N) is 4. The molecule has 1 aromatic rings. The maximum absolute atomic E-state index is 5.88. The number of hydrogen-bond acceptors (Lipinski definition) is 4. The molecule has 0 radical (unpaired) electrons. The van der Waals surface area contributed by atoms with E-state index in [1.807, 2.05) is 11.7 Å². The monoisotopic (exact) mass is 225 g/mol. The van der Waals surface area contributed by atoms with E-state index in [9.17, 15) is 0 Å². The van der Waals surface area contributed by atoms with Crippen molar-refractivity contribution in [2.75, 3.05) is 13.1 Å². The Hall–Kier alpha value is -0.940. The summed E-state index contributed by atoms with van der Waals surface area (Å²) in [5, 5.41) is 4.09. The molecule has 0 aliphatic heterocycles. The van der Waals surface area contributed by atoms with E-state index in [-0.39, 0.29) is 5.54 Å². The van der Waals surface area contributed by atoms with E-state index in [0.717, 1.165) is 25.3 Å². The molecule has 0 aromatic carbocycles. The molecule has 2 N–H and O–H groups in total. The van der Waals surface area contributed by atoms with Gasteiger partial charge in [0.05, 0.1) is 6.54 Å². The fourth-order valence-electron chi connectivity index (χ4n) is 1.82. The normalized spacial score (nSPS) is 15.4. The van der Waals surface area contributed by atoms with E-state index < -0.39 is 0 Å². The van der Waals surface area contributed by atoms with Crippen LogP contribution in [0.2, 0.25) is 0 Å². The first-order chi connectivity index (χ1) is 7.57. The first-order valence-electron chi connectivity index (χ1n) is 5.85. The lowest BCUT2D eigenvalue weighted by atomic mass is 9.96. The standard InChI is InChI=1S/C11H23N5/c1-5-11(3,8-12)16(6-2)7-10-13-9-14-15(10)4/h9H,5-8,12H2,1-4H3. The molecule has 5 nitrogen and oxygen atoms in total. The van der Waals surface area contributed by atoms with Crippen LogP contribution in [-0.2, 0) is 13.6 Å². The topological polar surface area (TPSA) is 60.0 Å². The minimum atomic E-state index is 0.0424. The summed E-state index contributed by atoms with van der Waals surface area (Å²) in [5.74, 6) is 0.981. The zero-order valence-electron chi connectivity index (χ0n) is 10.8. The average Bonchev–Trinajstić information content (AvgIpc) is 2.70. The molecule has 0 fully saturated rings. The van der Waals surface area contributed by atoms with Crippen molar-refractivity contribution in [2.45, 2.75) is 39.3 Å². The van der Waals surface area contributed by atoms with Crippen molar-refractivity contribution < 1.29 is 0 Å². The highest BCUT2D eigenvalue weighted by molar-refractivity contribution is 4.91. The lowest BCUT2D eigenvalue weighted by molar-refractivity contribution is 0.0997. The quantitative estimate of drug-likeness (QED) is 0.776. The van der Waals surface area contributed by atoms with Crippen molar-refractivity contribution in [1.82, 2.24) is 19.7 Å². The lowest BCUT2D eigenvalue weighted by Gasteiger charge is -2.39. The van der Waals surface area contributed by atoms with Gasteiger partial charge in [-0.05, 0) is 19.9 Å². The van der Waals surface area contributed by atoms with Crippen LogP contribution in [0.15, 0.2) is 6.33 Å². The predicted molar refractivity (Wildman–Crippen MR) is 64.8 cm³/mol. The smallest absolute Gasteiger partial charge is 0.140 e. The van der Waals surface area contributed by atoms with Crippen LogP contribution in [0.1, 0.15) is 33.0 Å². The summed E-state index contributed by atoms with van der Waals surface area (Å²) in [6.07, 6.45) is 2.63. The van der Waals surface area contributed by atoms with Gasteiger partial charge in [0.1, 0.15) is 12.2 Å². The van der Waals surface area contributed by atoms with Gasteiger partial charge in [0.25, 0.3) is 0 Å². The molecule has 0 bridgehead atoms. The molecule has 1 aromatic heterocycles. The summed E-state index contributed by atoms with van der Waals surface area (Å²) in [4.78, 5) is 6.61. The second-order valence-corrected chi connectivity index (χ2v) is 4.37. The first-order valence-corrected chi connectivity index (χ1v) is 5.85. The van der Waals surface area contributed by atoms with E-state index in [0.29, 0.717) is 6.54 Å². The molecule has 0 aliphatic carbocycles. The summed E-state index contributed by atoms with van der Waals surface area (Å²) >= 11 is 0. The number of nitrogens with two attached hydrogens (primary N) is 1. The number of likely N-dealkylation sites (N-methyl/N-ethyl adjacent to an activating group) is 1. The average molecular weight is 225 g/mol.